The van der Waals surface area contributed by atoms with Crippen LogP contribution >= 0.6 is 0 Å². The molecule has 1 amide bonds. The first-order valence-corrected chi connectivity index (χ1v) is 8.59. The van der Waals surface area contributed by atoms with E-state index >= 15 is 0 Å². The minimum absolute atomic E-state index is 0.0640. The van der Waals surface area contributed by atoms with Gasteiger partial charge in [-0.15, -0.1) is 0 Å². The van der Waals surface area contributed by atoms with Crippen LogP contribution in [0.25, 0.3) is 0 Å². The zero-order valence-corrected chi connectivity index (χ0v) is 15.3. The van der Waals surface area contributed by atoms with Crippen LogP contribution in [0.15, 0.2) is 27.6 Å². The quantitative estimate of drug-likeness (QED) is 0.830. The molecule has 2 heterocycles. The number of aryl methyl sites for hydroxylation is 2. The van der Waals surface area contributed by atoms with Crippen LogP contribution in [0.3, 0.4) is 0 Å². The molecule has 0 saturated heterocycles. The summed E-state index contributed by atoms with van der Waals surface area (Å²) < 4.78 is 6.82. The molecule has 0 atom stereocenters. The number of nitrogens with one attached hydrogen (secondary N) is 1. The van der Waals surface area contributed by atoms with Crippen LogP contribution in [0.2, 0.25) is 0 Å². The SMILES string of the molecule is CCn1cccc(CNC(=O)CCCc2nc(C(C)(C)C)no2)c1=O. The fraction of sp³-hybridized carbons (Fsp3) is 0.556. The van der Waals surface area contributed by atoms with E-state index in [1.54, 1.807) is 16.8 Å². The number of aromatic nitrogens is 3. The molecule has 1 N–H and O–H groups in total. The van der Waals surface area contributed by atoms with E-state index in [-0.39, 0.29) is 23.4 Å². The topological polar surface area (TPSA) is 90.0 Å². The zero-order chi connectivity index (χ0) is 18.4. The number of carbonyl (C=O) groups is 1. The maximum Gasteiger partial charge on any atom is 0.255 e. The second kappa shape index (κ2) is 8.09. The van der Waals surface area contributed by atoms with Gasteiger partial charge < -0.3 is 14.4 Å². The molecule has 7 nitrogen and oxygen atoms in total. The van der Waals surface area contributed by atoms with Crippen molar-refractivity contribution in [2.75, 3.05) is 0 Å². The molecule has 0 aliphatic heterocycles. The molecule has 2 aromatic rings. The number of carbonyl (C=O) groups excluding carboxylic acids is 1. The monoisotopic (exact) mass is 346 g/mol. The van der Waals surface area contributed by atoms with Crippen LogP contribution < -0.4 is 10.9 Å². The number of nitrogens with zero attached hydrogens (tertiary/aromatic N) is 3. The molecule has 2 aromatic heterocycles. The summed E-state index contributed by atoms with van der Waals surface area (Å²) in [5.41, 5.74) is 0.371. The summed E-state index contributed by atoms with van der Waals surface area (Å²) in [7, 11) is 0. The van der Waals surface area contributed by atoms with E-state index in [1.165, 1.54) is 0 Å². The van der Waals surface area contributed by atoms with Crippen molar-refractivity contribution >= 4 is 5.91 Å². The summed E-state index contributed by atoms with van der Waals surface area (Å²) in [6.45, 7) is 8.82. The van der Waals surface area contributed by atoms with Crippen molar-refractivity contribution in [1.29, 1.82) is 0 Å². The summed E-state index contributed by atoms with van der Waals surface area (Å²) in [5.74, 6) is 1.12. The first-order valence-electron chi connectivity index (χ1n) is 8.59. The third kappa shape index (κ3) is 5.27. The number of amides is 1. The molecule has 0 saturated carbocycles. The van der Waals surface area contributed by atoms with Crippen molar-refractivity contribution in [1.82, 2.24) is 20.0 Å². The van der Waals surface area contributed by atoms with Crippen molar-refractivity contribution in [3.8, 4) is 0 Å². The van der Waals surface area contributed by atoms with Crippen LogP contribution in [0.4, 0.5) is 0 Å². The number of pyridine rings is 1. The standard InChI is InChI=1S/C18H26N4O3/c1-5-22-11-7-8-13(16(22)24)12-19-14(23)9-6-10-15-20-17(21-25-15)18(2,3)4/h7-8,11H,5-6,9-10,12H2,1-4H3,(H,19,23). The Hall–Kier alpha value is -2.44. The molecule has 0 spiro atoms. The Bertz CT molecular complexity index is 771. The van der Waals surface area contributed by atoms with Gasteiger partial charge in [0.2, 0.25) is 11.8 Å². The molecule has 0 aliphatic carbocycles. The normalized spacial score (nSPS) is 11.5. The smallest absolute Gasteiger partial charge is 0.255 e. The first kappa shape index (κ1) is 18.9. The fourth-order valence-corrected chi connectivity index (χ4v) is 2.31. The van der Waals surface area contributed by atoms with Crippen LogP contribution in [-0.4, -0.2) is 20.6 Å². The summed E-state index contributed by atoms with van der Waals surface area (Å²) >= 11 is 0. The third-order valence-corrected chi connectivity index (χ3v) is 3.85. The lowest BCUT2D eigenvalue weighted by molar-refractivity contribution is -0.121. The van der Waals surface area contributed by atoms with Gasteiger partial charge in [-0.05, 0) is 19.4 Å². The molecule has 0 unspecified atom stereocenters. The largest absolute Gasteiger partial charge is 0.352 e. The van der Waals surface area contributed by atoms with Crippen molar-refractivity contribution in [3.05, 3.63) is 46.0 Å². The van der Waals surface area contributed by atoms with Crippen LogP contribution in [-0.2, 0) is 29.7 Å². The first-order chi connectivity index (χ1) is 11.8. The van der Waals surface area contributed by atoms with Crippen LogP contribution in [0.5, 0.6) is 0 Å². The highest BCUT2D eigenvalue weighted by Crippen LogP contribution is 2.18. The average Bonchev–Trinajstić information content (AvgIpc) is 3.03. The Balaban J connectivity index is 1.78. The van der Waals surface area contributed by atoms with Crippen molar-refractivity contribution < 1.29 is 9.32 Å². The van der Waals surface area contributed by atoms with Crippen molar-refractivity contribution in [2.24, 2.45) is 0 Å². The van der Waals surface area contributed by atoms with Crippen LogP contribution in [0.1, 0.15) is 57.8 Å². The Kier molecular flexibility index (Phi) is 6.12. The molecule has 0 radical (unpaired) electrons. The highest BCUT2D eigenvalue weighted by atomic mass is 16.5. The number of rotatable bonds is 7. The maximum absolute atomic E-state index is 12.1. The van der Waals surface area contributed by atoms with Gasteiger partial charge in [0.1, 0.15) is 0 Å². The molecule has 7 heteroatoms. The molecule has 0 aromatic carbocycles. The minimum atomic E-state index is -0.153. The lowest BCUT2D eigenvalue weighted by Gasteiger charge is -2.10. The molecule has 0 fully saturated rings. The van der Waals surface area contributed by atoms with E-state index in [1.807, 2.05) is 33.8 Å². The minimum Gasteiger partial charge on any atom is -0.352 e. The van der Waals surface area contributed by atoms with Gasteiger partial charge >= 0.3 is 0 Å². The molecular formula is C18H26N4O3. The molecular weight excluding hydrogens is 320 g/mol. The number of hydrogen-bond acceptors (Lipinski definition) is 5. The van der Waals surface area contributed by atoms with Gasteiger partial charge in [-0.3, -0.25) is 9.59 Å². The Labute approximate surface area is 147 Å². The van der Waals surface area contributed by atoms with Gasteiger partial charge in [0, 0.05) is 43.1 Å². The van der Waals surface area contributed by atoms with Gasteiger partial charge in [-0.1, -0.05) is 32.0 Å². The van der Waals surface area contributed by atoms with Gasteiger partial charge in [0.05, 0.1) is 0 Å². The highest BCUT2D eigenvalue weighted by Gasteiger charge is 2.20. The second-order valence-corrected chi connectivity index (χ2v) is 7.02. The number of hydrogen-bond donors (Lipinski definition) is 1. The third-order valence-electron chi connectivity index (χ3n) is 3.85. The van der Waals surface area contributed by atoms with E-state index in [0.717, 1.165) is 0 Å². The Morgan fingerprint density at radius 1 is 1.36 bits per heavy atom. The van der Waals surface area contributed by atoms with Crippen LogP contribution in [0, 0.1) is 0 Å². The lowest BCUT2D eigenvalue weighted by atomic mass is 9.96. The summed E-state index contributed by atoms with van der Waals surface area (Å²) in [6, 6.07) is 3.55. The van der Waals surface area contributed by atoms with Gasteiger partial charge in [-0.2, -0.15) is 4.98 Å². The fourth-order valence-electron chi connectivity index (χ4n) is 2.31. The van der Waals surface area contributed by atoms with E-state index in [4.69, 9.17) is 4.52 Å². The molecule has 25 heavy (non-hydrogen) atoms. The summed E-state index contributed by atoms with van der Waals surface area (Å²) in [4.78, 5) is 28.4. The molecule has 136 valence electrons. The average molecular weight is 346 g/mol. The van der Waals surface area contributed by atoms with Gasteiger partial charge in [-0.25, -0.2) is 0 Å². The molecule has 2 rings (SSSR count). The van der Waals surface area contributed by atoms with E-state index in [0.29, 0.717) is 43.1 Å². The Morgan fingerprint density at radius 2 is 2.12 bits per heavy atom. The van der Waals surface area contributed by atoms with E-state index in [2.05, 4.69) is 15.5 Å². The molecule has 0 bridgehead atoms. The van der Waals surface area contributed by atoms with Crippen molar-refractivity contribution in [3.63, 3.8) is 0 Å². The van der Waals surface area contributed by atoms with Gasteiger partial charge in [0.25, 0.3) is 5.56 Å². The zero-order valence-electron chi connectivity index (χ0n) is 15.3. The van der Waals surface area contributed by atoms with E-state index in [9.17, 15) is 9.59 Å². The van der Waals surface area contributed by atoms with Gasteiger partial charge in [0.15, 0.2) is 5.82 Å². The maximum atomic E-state index is 12.1. The Morgan fingerprint density at radius 3 is 2.76 bits per heavy atom. The summed E-state index contributed by atoms with van der Waals surface area (Å²) in [6.07, 6.45) is 3.27. The predicted molar refractivity (Wildman–Crippen MR) is 94.2 cm³/mol. The predicted octanol–water partition coefficient (Wildman–Crippen LogP) is 2.19. The molecule has 0 aliphatic rings. The highest BCUT2D eigenvalue weighted by molar-refractivity contribution is 5.75. The second-order valence-electron chi connectivity index (χ2n) is 7.02. The van der Waals surface area contributed by atoms with E-state index < -0.39 is 0 Å². The van der Waals surface area contributed by atoms with Crippen molar-refractivity contribution in [2.45, 2.75) is 65.5 Å². The summed E-state index contributed by atoms with van der Waals surface area (Å²) in [5, 5.41) is 6.75. The lowest BCUT2D eigenvalue weighted by Crippen LogP contribution is -2.29.